The lowest BCUT2D eigenvalue weighted by Crippen LogP contribution is -2.10. The van der Waals surface area contributed by atoms with Crippen molar-refractivity contribution in [3.8, 4) is 0 Å². The van der Waals surface area contributed by atoms with Gasteiger partial charge in [-0.3, -0.25) is 4.99 Å². The molecule has 1 aromatic heterocycles. The highest BCUT2D eigenvalue weighted by Gasteiger charge is 2.03. The van der Waals surface area contributed by atoms with Gasteiger partial charge in [0.1, 0.15) is 0 Å². The van der Waals surface area contributed by atoms with Crippen LogP contribution < -0.4 is 0 Å². The van der Waals surface area contributed by atoms with Crippen molar-refractivity contribution >= 4 is 17.3 Å². The van der Waals surface area contributed by atoms with Gasteiger partial charge in [0, 0.05) is 24.5 Å². The molecule has 0 spiro atoms. The maximum atomic E-state index is 5.85. The fourth-order valence-electron chi connectivity index (χ4n) is 1.49. The molecular formula is C12H12ClN3. The molecule has 0 aliphatic rings. The van der Waals surface area contributed by atoms with E-state index in [1.165, 1.54) is 0 Å². The molecule has 0 radical (unpaired) electrons. The van der Waals surface area contributed by atoms with Gasteiger partial charge in [-0.15, -0.1) is 0 Å². The Bertz CT molecular complexity index is 471. The Morgan fingerprint density at radius 2 is 2.12 bits per heavy atom. The number of halogens is 1. The first-order valence-corrected chi connectivity index (χ1v) is 5.35. The Labute approximate surface area is 99.4 Å². The molecular weight excluding hydrogens is 222 g/mol. The number of aliphatic imine (C=N–C) groups is 1. The van der Waals surface area contributed by atoms with E-state index in [-0.39, 0.29) is 0 Å². The molecule has 0 N–H and O–H groups in total. The number of aromatic nitrogens is 2. The van der Waals surface area contributed by atoms with E-state index in [1.807, 2.05) is 35.0 Å². The van der Waals surface area contributed by atoms with E-state index >= 15 is 0 Å². The third-order valence-corrected chi connectivity index (χ3v) is 2.59. The minimum absolute atomic E-state index is 0.720. The van der Waals surface area contributed by atoms with E-state index in [9.17, 15) is 0 Å². The van der Waals surface area contributed by atoms with Crippen molar-refractivity contribution in [2.75, 3.05) is 7.05 Å². The Balaban J connectivity index is 2.20. The predicted octanol–water partition coefficient (Wildman–Crippen LogP) is 2.66. The van der Waals surface area contributed by atoms with Crippen LogP contribution in [0.1, 0.15) is 5.56 Å². The molecule has 0 aliphatic heterocycles. The number of hydrogen-bond acceptors (Lipinski definition) is 2. The van der Waals surface area contributed by atoms with E-state index in [4.69, 9.17) is 11.6 Å². The zero-order chi connectivity index (χ0) is 11.4. The predicted molar refractivity (Wildman–Crippen MR) is 66.1 cm³/mol. The molecule has 0 aliphatic carbocycles. The van der Waals surface area contributed by atoms with Crippen LogP contribution >= 0.6 is 11.6 Å². The summed E-state index contributed by atoms with van der Waals surface area (Å²) < 4.78 is 1.98. The summed E-state index contributed by atoms with van der Waals surface area (Å²) in [6.45, 7) is 0.720. The molecule has 2 rings (SSSR count). The number of rotatable bonds is 3. The summed E-state index contributed by atoms with van der Waals surface area (Å²) in [5.74, 6) is 0. The largest absolute Gasteiger partial charge is 0.331 e. The first-order valence-electron chi connectivity index (χ1n) is 4.97. The zero-order valence-corrected chi connectivity index (χ0v) is 9.72. The average molecular weight is 234 g/mol. The third kappa shape index (κ3) is 2.49. The van der Waals surface area contributed by atoms with Gasteiger partial charge in [0.15, 0.2) is 0 Å². The minimum Gasteiger partial charge on any atom is -0.331 e. The summed E-state index contributed by atoms with van der Waals surface area (Å²) in [5.41, 5.74) is 2.09. The van der Waals surface area contributed by atoms with Crippen molar-refractivity contribution in [3.63, 3.8) is 0 Å². The molecule has 16 heavy (non-hydrogen) atoms. The zero-order valence-electron chi connectivity index (χ0n) is 8.97. The van der Waals surface area contributed by atoms with Gasteiger partial charge in [-0.25, -0.2) is 4.98 Å². The van der Waals surface area contributed by atoms with Crippen molar-refractivity contribution in [2.24, 2.45) is 4.99 Å². The summed E-state index contributed by atoms with van der Waals surface area (Å²) in [6.07, 6.45) is 5.46. The molecule has 2 aromatic rings. The van der Waals surface area contributed by atoms with Crippen LogP contribution in [-0.2, 0) is 6.54 Å². The Hall–Kier alpha value is -1.61. The van der Waals surface area contributed by atoms with E-state index in [1.54, 1.807) is 19.6 Å². The highest BCUT2D eigenvalue weighted by molar-refractivity contribution is 6.30. The summed E-state index contributed by atoms with van der Waals surface area (Å²) in [5, 5.41) is 0.738. The second kappa shape index (κ2) is 4.94. The van der Waals surface area contributed by atoms with Crippen LogP contribution in [0.4, 0.5) is 0 Å². The highest BCUT2D eigenvalue weighted by Crippen LogP contribution is 2.11. The second-order valence-corrected chi connectivity index (χ2v) is 3.85. The van der Waals surface area contributed by atoms with E-state index < -0.39 is 0 Å². The summed E-state index contributed by atoms with van der Waals surface area (Å²) >= 11 is 5.85. The molecule has 0 fully saturated rings. The van der Waals surface area contributed by atoms with Crippen LogP contribution in [0.3, 0.4) is 0 Å². The summed E-state index contributed by atoms with van der Waals surface area (Å²) in [4.78, 5) is 8.29. The van der Waals surface area contributed by atoms with Gasteiger partial charge < -0.3 is 4.57 Å². The minimum atomic E-state index is 0.720. The molecule has 0 unspecified atom stereocenters. The number of benzene rings is 1. The van der Waals surface area contributed by atoms with Gasteiger partial charge in [-0.1, -0.05) is 23.7 Å². The lowest BCUT2D eigenvalue weighted by Gasteiger charge is -2.06. The molecule has 82 valence electrons. The Kier molecular flexibility index (Phi) is 3.37. The first kappa shape index (κ1) is 10.9. The third-order valence-electron chi connectivity index (χ3n) is 2.34. The monoisotopic (exact) mass is 233 g/mol. The number of imidazole rings is 1. The van der Waals surface area contributed by atoms with Gasteiger partial charge >= 0.3 is 0 Å². The fraction of sp³-hybridized carbons (Fsp3) is 0.167. The van der Waals surface area contributed by atoms with Gasteiger partial charge in [0.2, 0.25) is 0 Å². The Morgan fingerprint density at radius 1 is 1.38 bits per heavy atom. The number of hydrogen-bond donors (Lipinski definition) is 0. The average Bonchev–Trinajstić information content (AvgIpc) is 2.80. The molecule has 3 nitrogen and oxygen atoms in total. The van der Waals surface area contributed by atoms with Gasteiger partial charge in [0.25, 0.3) is 0 Å². The molecule has 0 atom stereocenters. The molecule has 0 amide bonds. The second-order valence-electron chi connectivity index (χ2n) is 3.41. The van der Waals surface area contributed by atoms with E-state index in [0.29, 0.717) is 0 Å². The maximum absolute atomic E-state index is 5.85. The van der Waals surface area contributed by atoms with Crippen LogP contribution in [0.25, 0.3) is 0 Å². The van der Waals surface area contributed by atoms with Crippen molar-refractivity contribution in [3.05, 3.63) is 53.6 Å². The summed E-state index contributed by atoms with van der Waals surface area (Å²) in [6, 6.07) is 7.69. The molecule has 4 heteroatoms. The smallest absolute Gasteiger partial charge is 0.0949 e. The Morgan fingerprint density at radius 3 is 2.69 bits per heavy atom. The molecule has 0 saturated heterocycles. The summed E-state index contributed by atoms with van der Waals surface area (Å²) in [7, 11) is 1.79. The standard InChI is InChI=1S/C12H12ClN3/c1-14-12(8-16-7-6-15-9-16)10-2-4-11(13)5-3-10/h2-7,9H,8H2,1H3. The van der Waals surface area contributed by atoms with Crippen LogP contribution in [0, 0.1) is 0 Å². The lowest BCUT2D eigenvalue weighted by atomic mass is 10.1. The van der Waals surface area contributed by atoms with Crippen molar-refractivity contribution in [1.29, 1.82) is 0 Å². The number of nitrogens with zero attached hydrogens (tertiary/aromatic N) is 3. The van der Waals surface area contributed by atoms with E-state index in [0.717, 1.165) is 22.8 Å². The fourth-order valence-corrected chi connectivity index (χ4v) is 1.61. The molecule has 0 bridgehead atoms. The van der Waals surface area contributed by atoms with Crippen molar-refractivity contribution < 1.29 is 0 Å². The quantitative estimate of drug-likeness (QED) is 0.750. The topological polar surface area (TPSA) is 30.2 Å². The highest BCUT2D eigenvalue weighted by atomic mass is 35.5. The van der Waals surface area contributed by atoms with Crippen LogP contribution in [0.5, 0.6) is 0 Å². The van der Waals surface area contributed by atoms with Crippen molar-refractivity contribution in [2.45, 2.75) is 6.54 Å². The maximum Gasteiger partial charge on any atom is 0.0949 e. The van der Waals surface area contributed by atoms with Crippen LogP contribution in [0.2, 0.25) is 5.02 Å². The normalized spacial score (nSPS) is 11.8. The molecule has 1 heterocycles. The first-order chi connectivity index (χ1) is 7.79. The van der Waals surface area contributed by atoms with Crippen LogP contribution in [-0.4, -0.2) is 22.3 Å². The van der Waals surface area contributed by atoms with Gasteiger partial charge in [0.05, 0.1) is 18.6 Å². The van der Waals surface area contributed by atoms with E-state index in [2.05, 4.69) is 9.98 Å². The SMILES string of the molecule is CN=C(Cn1ccnc1)c1ccc(Cl)cc1. The van der Waals surface area contributed by atoms with Crippen LogP contribution in [0.15, 0.2) is 48.0 Å². The van der Waals surface area contributed by atoms with Crippen molar-refractivity contribution in [1.82, 2.24) is 9.55 Å². The van der Waals surface area contributed by atoms with Gasteiger partial charge in [-0.05, 0) is 17.7 Å². The lowest BCUT2D eigenvalue weighted by molar-refractivity contribution is 0.849. The molecule has 1 aromatic carbocycles. The molecule has 0 saturated carbocycles. The van der Waals surface area contributed by atoms with Gasteiger partial charge in [-0.2, -0.15) is 0 Å².